The van der Waals surface area contributed by atoms with E-state index in [4.69, 9.17) is 0 Å². The maximum atomic E-state index is 4.20. The summed E-state index contributed by atoms with van der Waals surface area (Å²) in [6.45, 7) is 7.22. The highest BCUT2D eigenvalue weighted by Gasteiger charge is 2.02. The van der Waals surface area contributed by atoms with Gasteiger partial charge in [-0.15, -0.1) is 0 Å². The van der Waals surface area contributed by atoms with Crippen molar-refractivity contribution in [3.8, 4) is 0 Å². The van der Waals surface area contributed by atoms with Gasteiger partial charge in [0.2, 0.25) is 0 Å². The van der Waals surface area contributed by atoms with Crippen LogP contribution in [0.15, 0.2) is 23.3 Å². The van der Waals surface area contributed by atoms with Crippen LogP contribution in [0.3, 0.4) is 0 Å². The Morgan fingerprint density at radius 3 is 2.94 bits per heavy atom. The minimum absolute atomic E-state index is 0.884. The van der Waals surface area contributed by atoms with Crippen LogP contribution in [-0.4, -0.2) is 9.55 Å². The van der Waals surface area contributed by atoms with Crippen molar-refractivity contribution in [2.45, 2.75) is 39.9 Å². The maximum Gasteiger partial charge on any atom is 0.0948 e. The molecular weight excluding hydrogens is 230 g/mol. The van der Waals surface area contributed by atoms with Gasteiger partial charge in [-0.2, -0.15) is 11.3 Å². The third-order valence-corrected chi connectivity index (χ3v) is 3.76. The van der Waals surface area contributed by atoms with Crippen LogP contribution in [0.25, 0.3) is 0 Å². The zero-order valence-electron chi connectivity index (χ0n) is 10.4. The fraction of sp³-hybridized carbons (Fsp3) is 0.462. The molecular formula is C13H19N3S. The van der Waals surface area contributed by atoms with E-state index in [2.05, 4.69) is 39.5 Å². The smallest absolute Gasteiger partial charge is 0.0948 e. The zero-order chi connectivity index (χ0) is 12.1. The molecule has 2 aromatic rings. The van der Waals surface area contributed by atoms with Crippen LogP contribution in [-0.2, 0) is 19.6 Å². The number of thiophene rings is 1. The van der Waals surface area contributed by atoms with Gasteiger partial charge in [-0.3, -0.25) is 0 Å². The minimum Gasteiger partial charge on any atom is -0.333 e. The summed E-state index contributed by atoms with van der Waals surface area (Å²) in [5.41, 5.74) is 4.04. The Balaban J connectivity index is 1.86. The second-order valence-corrected chi connectivity index (χ2v) is 5.01. The molecule has 0 radical (unpaired) electrons. The number of nitrogens with zero attached hydrogens (tertiary/aromatic N) is 2. The first kappa shape index (κ1) is 12.3. The van der Waals surface area contributed by atoms with E-state index in [1.807, 2.05) is 12.5 Å². The minimum atomic E-state index is 0.884. The molecule has 92 valence electrons. The molecule has 0 aliphatic carbocycles. The molecule has 2 heterocycles. The fourth-order valence-electron chi connectivity index (χ4n) is 1.83. The average molecular weight is 249 g/mol. The molecule has 1 N–H and O–H groups in total. The monoisotopic (exact) mass is 249 g/mol. The van der Waals surface area contributed by atoms with Gasteiger partial charge in [0, 0.05) is 25.8 Å². The molecule has 0 spiro atoms. The first-order valence-corrected chi connectivity index (χ1v) is 6.97. The number of aromatic nitrogens is 2. The fourth-order valence-corrected chi connectivity index (χ4v) is 2.69. The van der Waals surface area contributed by atoms with Crippen molar-refractivity contribution >= 4 is 11.3 Å². The highest BCUT2D eigenvalue weighted by Crippen LogP contribution is 2.13. The van der Waals surface area contributed by atoms with Gasteiger partial charge in [0.15, 0.2) is 0 Å². The van der Waals surface area contributed by atoms with Crippen LogP contribution in [0, 0.1) is 6.92 Å². The lowest BCUT2D eigenvalue weighted by molar-refractivity contribution is 0.601. The molecule has 17 heavy (non-hydrogen) atoms. The Kier molecular flexibility index (Phi) is 4.34. The maximum absolute atomic E-state index is 4.20. The van der Waals surface area contributed by atoms with Gasteiger partial charge < -0.3 is 9.88 Å². The van der Waals surface area contributed by atoms with Crippen LogP contribution in [0.2, 0.25) is 0 Å². The van der Waals surface area contributed by atoms with Gasteiger partial charge in [0.25, 0.3) is 0 Å². The first-order valence-electron chi connectivity index (χ1n) is 6.02. The summed E-state index contributed by atoms with van der Waals surface area (Å²) in [4.78, 5) is 4.20. The van der Waals surface area contributed by atoms with E-state index >= 15 is 0 Å². The Hall–Kier alpha value is -1.13. The third kappa shape index (κ3) is 3.17. The van der Waals surface area contributed by atoms with E-state index in [0.29, 0.717) is 0 Å². The van der Waals surface area contributed by atoms with E-state index in [9.17, 15) is 0 Å². The van der Waals surface area contributed by atoms with Gasteiger partial charge in [0.05, 0.1) is 12.0 Å². The Morgan fingerprint density at radius 1 is 1.35 bits per heavy atom. The second-order valence-electron chi connectivity index (χ2n) is 4.26. The summed E-state index contributed by atoms with van der Waals surface area (Å²) in [7, 11) is 0. The summed E-state index contributed by atoms with van der Waals surface area (Å²) in [6.07, 6.45) is 5.01. The van der Waals surface area contributed by atoms with Gasteiger partial charge in [0.1, 0.15) is 0 Å². The quantitative estimate of drug-likeness (QED) is 0.853. The van der Waals surface area contributed by atoms with Crippen molar-refractivity contribution in [1.29, 1.82) is 0 Å². The lowest BCUT2D eigenvalue weighted by atomic mass is 10.2. The Morgan fingerprint density at radius 2 is 2.24 bits per heavy atom. The molecule has 0 aromatic carbocycles. The first-order chi connectivity index (χ1) is 8.31. The molecule has 0 unspecified atom stereocenters. The molecule has 0 aliphatic heterocycles. The van der Waals surface area contributed by atoms with E-state index in [1.54, 1.807) is 11.3 Å². The molecule has 0 fully saturated rings. The van der Waals surface area contributed by atoms with E-state index in [1.165, 1.54) is 16.8 Å². The van der Waals surface area contributed by atoms with E-state index in [0.717, 1.165) is 26.1 Å². The average Bonchev–Trinajstić information content (AvgIpc) is 2.90. The molecule has 2 rings (SSSR count). The topological polar surface area (TPSA) is 29.9 Å². The molecule has 0 atom stereocenters. The van der Waals surface area contributed by atoms with Gasteiger partial charge in [-0.1, -0.05) is 6.92 Å². The summed E-state index contributed by atoms with van der Waals surface area (Å²) < 4.78 is 2.22. The van der Waals surface area contributed by atoms with Gasteiger partial charge in [-0.25, -0.2) is 4.98 Å². The summed E-state index contributed by atoms with van der Waals surface area (Å²) in [5, 5.41) is 7.88. The molecule has 4 heteroatoms. The number of nitrogens with one attached hydrogen (secondary N) is 1. The molecule has 2 aromatic heterocycles. The summed E-state index contributed by atoms with van der Waals surface area (Å²) in [5.74, 6) is 0. The SMILES string of the molecule is CCCn1cncc1CNCc1cscc1C. The third-order valence-electron chi connectivity index (χ3n) is 2.85. The summed E-state index contributed by atoms with van der Waals surface area (Å²) in [6, 6.07) is 0. The van der Waals surface area contributed by atoms with Crippen molar-refractivity contribution in [3.63, 3.8) is 0 Å². The highest BCUT2D eigenvalue weighted by atomic mass is 32.1. The molecule has 0 aliphatic rings. The lowest BCUT2D eigenvalue weighted by Gasteiger charge is -2.08. The van der Waals surface area contributed by atoms with Crippen molar-refractivity contribution in [2.75, 3.05) is 0 Å². The van der Waals surface area contributed by atoms with Crippen LogP contribution in [0.5, 0.6) is 0 Å². The van der Waals surface area contributed by atoms with Crippen molar-refractivity contribution in [3.05, 3.63) is 40.1 Å². The largest absolute Gasteiger partial charge is 0.333 e. The van der Waals surface area contributed by atoms with Crippen LogP contribution >= 0.6 is 11.3 Å². The van der Waals surface area contributed by atoms with Gasteiger partial charge in [-0.05, 0) is 35.2 Å². The number of hydrogen-bond donors (Lipinski definition) is 1. The number of rotatable bonds is 6. The second kappa shape index (κ2) is 5.98. The predicted octanol–water partition coefficient (Wildman–Crippen LogP) is 2.95. The molecule has 0 saturated heterocycles. The van der Waals surface area contributed by atoms with E-state index < -0.39 is 0 Å². The number of hydrogen-bond acceptors (Lipinski definition) is 3. The normalized spacial score (nSPS) is 10.9. The van der Waals surface area contributed by atoms with Crippen molar-refractivity contribution in [1.82, 2.24) is 14.9 Å². The van der Waals surface area contributed by atoms with E-state index in [-0.39, 0.29) is 0 Å². The van der Waals surface area contributed by atoms with Crippen LogP contribution < -0.4 is 5.32 Å². The lowest BCUT2D eigenvalue weighted by Crippen LogP contribution is -2.15. The van der Waals surface area contributed by atoms with Crippen molar-refractivity contribution in [2.24, 2.45) is 0 Å². The van der Waals surface area contributed by atoms with Gasteiger partial charge >= 0.3 is 0 Å². The number of aryl methyl sites for hydroxylation is 2. The standard InChI is InChI=1S/C13H19N3S/c1-3-4-16-10-15-7-13(16)6-14-5-12-9-17-8-11(12)2/h7-10,14H,3-6H2,1-2H3. The zero-order valence-corrected chi connectivity index (χ0v) is 11.3. The predicted molar refractivity (Wildman–Crippen MR) is 72.1 cm³/mol. The van der Waals surface area contributed by atoms with Crippen LogP contribution in [0.4, 0.5) is 0 Å². The molecule has 0 saturated carbocycles. The molecule has 3 nitrogen and oxygen atoms in total. The summed E-state index contributed by atoms with van der Waals surface area (Å²) >= 11 is 1.77. The Bertz CT molecular complexity index is 459. The van der Waals surface area contributed by atoms with Crippen LogP contribution in [0.1, 0.15) is 30.2 Å². The molecule has 0 amide bonds. The van der Waals surface area contributed by atoms with Crippen molar-refractivity contribution < 1.29 is 0 Å². The Labute approximate surface area is 107 Å². The number of imidazole rings is 1. The highest BCUT2D eigenvalue weighted by molar-refractivity contribution is 7.08. The molecule has 0 bridgehead atoms.